The lowest BCUT2D eigenvalue weighted by Crippen LogP contribution is -2.24. The van der Waals surface area contributed by atoms with Gasteiger partial charge in [0.1, 0.15) is 0 Å². The highest BCUT2D eigenvalue weighted by Gasteiger charge is 2.34. The first-order chi connectivity index (χ1) is 16.0. The first-order valence-electron chi connectivity index (χ1n) is 10.8. The highest BCUT2D eigenvalue weighted by atomic mass is 16.7. The number of carbonyl (C=O) groups excluding carboxylic acids is 1. The maximum Gasteiger partial charge on any atom is 0.232 e. The van der Waals surface area contributed by atoms with Crippen molar-refractivity contribution in [1.82, 2.24) is 15.0 Å². The molecule has 9 heteroatoms. The first-order valence-corrected chi connectivity index (χ1v) is 10.8. The Hall–Kier alpha value is -3.75. The van der Waals surface area contributed by atoms with Gasteiger partial charge in [-0.2, -0.15) is 4.98 Å². The van der Waals surface area contributed by atoms with Gasteiger partial charge in [-0.05, 0) is 49.7 Å². The van der Waals surface area contributed by atoms with E-state index in [0.717, 1.165) is 16.9 Å². The van der Waals surface area contributed by atoms with Crippen LogP contribution in [-0.4, -0.2) is 47.5 Å². The van der Waals surface area contributed by atoms with Crippen molar-refractivity contribution in [2.75, 3.05) is 20.4 Å². The third-order valence-corrected chi connectivity index (χ3v) is 5.60. The molecule has 33 heavy (non-hydrogen) atoms. The lowest BCUT2D eigenvalue weighted by molar-refractivity contribution is -0.128. The molecule has 1 unspecified atom stereocenters. The molecule has 0 saturated carbocycles. The third-order valence-electron chi connectivity index (χ3n) is 5.60. The van der Waals surface area contributed by atoms with Crippen molar-refractivity contribution in [3.63, 3.8) is 0 Å². The summed E-state index contributed by atoms with van der Waals surface area (Å²) in [6.07, 6.45) is 0.360. The summed E-state index contributed by atoms with van der Waals surface area (Å²) >= 11 is 0. The zero-order chi connectivity index (χ0) is 22.9. The van der Waals surface area contributed by atoms with E-state index in [1.165, 1.54) is 0 Å². The van der Waals surface area contributed by atoms with Gasteiger partial charge < -0.3 is 28.4 Å². The molecule has 0 radical (unpaired) electrons. The van der Waals surface area contributed by atoms with Crippen molar-refractivity contribution < 1.29 is 28.3 Å². The van der Waals surface area contributed by atoms with Crippen LogP contribution in [0, 0.1) is 0 Å². The maximum atomic E-state index is 12.6. The molecule has 0 spiro atoms. The molecule has 0 bridgehead atoms. The van der Waals surface area contributed by atoms with Crippen LogP contribution in [0.15, 0.2) is 40.9 Å². The molecule has 2 aliphatic heterocycles. The Morgan fingerprint density at radius 2 is 1.97 bits per heavy atom. The Labute approximate surface area is 191 Å². The molecular weight excluding hydrogens is 426 g/mol. The van der Waals surface area contributed by atoms with Gasteiger partial charge in [-0.25, -0.2) is 0 Å². The van der Waals surface area contributed by atoms with E-state index in [4.69, 9.17) is 23.5 Å². The van der Waals surface area contributed by atoms with Gasteiger partial charge in [0.2, 0.25) is 24.4 Å². The summed E-state index contributed by atoms with van der Waals surface area (Å²) in [5.74, 6) is 3.47. The number of rotatable bonds is 7. The normalized spacial score (nSPS) is 17.2. The summed E-state index contributed by atoms with van der Waals surface area (Å²) in [7, 11) is 1.59. The average Bonchev–Trinajstić information content (AvgIpc) is 3.54. The maximum absolute atomic E-state index is 12.6. The van der Waals surface area contributed by atoms with Crippen molar-refractivity contribution in [3.05, 3.63) is 47.9 Å². The number of aromatic nitrogens is 2. The number of carbonyl (C=O) groups is 1. The molecule has 9 nitrogen and oxygen atoms in total. The molecule has 2 aromatic carbocycles. The van der Waals surface area contributed by atoms with Crippen LogP contribution in [0.3, 0.4) is 0 Å². The largest absolute Gasteiger partial charge is 0.493 e. The summed E-state index contributed by atoms with van der Waals surface area (Å²) in [4.78, 5) is 19.0. The second kappa shape index (κ2) is 8.65. The first kappa shape index (κ1) is 21.1. The predicted molar refractivity (Wildman–Crippen MR) is 117 cm³/mol. The molecule has 1 fully saturated rings. The molecule has 172 valence electrons. The standard InChI is InChI=1S/C24H25N3O6/c1-14(2)32-19-7-5-16(9-20(19)29-3)23-25-24(33-26-23)17-10-22(28)27(12-17)11-15-4-6-18-21(8-15)31-13-30-18/h4-9,14,17H,10-13H2,1-3H3. The average molecular weight is 451 g/mol. The molecule has 3 aromatic rings. The molecule has 1 aromatic heterocycles. The lowest BCUT2D eigenvalue weighted by atomic mass is 10.1. The van der Waals surface area contributed by atoms with Gasteiger partial charge >= 0.3 is 0 Å². The van der Waals surface area contributed by atoms with Crippen LogP contribution < -0.4 is 18.9 Å². The predicted octanol–water partition coefficient (Wildman–Crippen LogP) is 3.78. The Morgan fingerprint density at radius 1 is 1.12 bits per heavy atom. The number of methoxy groups -OCH3 is 1. The van der Waals surface area contributed by atoms with Gasteiger partial charge in [-0.1, -0.05) is 11.2 Å². The van der Waals surface area contributed by atoms with Crippen LogP contribution in [0.2, 0.25) is 0 Å². The van der Waals surface area contributed by atoms with Crippen LogP contribution in [0.1, 0.15) is 37.6 Å². The molecule has 1 amide bonds. The summed E-state index contributed by atoms with van der Waals surface area (Å²) in [6.45, 7) is 5.14. The zero-order valence-electron chi connectivity index (χ0n) is 18.7. The van der Waals surface area contributed by atoms with Crippen molar-refractivity contribution in [2.24, 2.45) is 0 Å². The Kier molecular flexibility index (Phi) is 5.53. The van der Waals surface area contributed by atoms with Gasteiger partial charge in [0, 0.05) is 25.1 Å². The number of fused-ring (bicyclic) bond motifs is 1. The van der Waals surface area contributed by atoms with Crippen molar-refractivity contribution in [2.45, 2.75) is 38.8 Å². The van der Waals surface area contributed by atoms with E-state index in [9.17, 15) is 4.79 Å². The van der Waals surface area contributed by atoms with E-state index < -0.39 is 0 Å². The number of amides is 1. The molecule has 2 aliphatic rings. The van der Waals surface area contributed by atoms with E-state index in [1.807, 2.05) is 50.2 Å². The SMILES string of the molecule is COc1cc(-c2noc(C3CC(=O)N(Cc4ccc5c(c4)OCO5)C3)n2)ccc1OC(C)C. The summed E-state index contributed by atoms with van der Waals surface area (Å²) in [5, 5.41) is 4.13. The van der Waals surface area contributed by atoms with E-state index in [0.29, 0.717) is 48.5 Å². The fourth-order valence-corrected chi connectivity index (χ4v) is 4.03. The molecule has 3 heterocycles. The number of nitrogens with zero attached hydrogens (tertiary/aromatic N) is 3. The van der Waals surface area contributed by atoms with E-state index in [-0.39, 0.29) is 24.7 Å². The van der Waals surface area contributed by atoms with Gasteiger partial charge in [0.15, 0.2) is 23.0 Å². The zero-order valence-corrected chi connectivity index (χ0v) is 18.7. The minimum Gasteiger partial charge on any atom is -0.493 e. The quantitative estimate of drug-likeness (QED) is 0.536. The highest BCUT2D eigenvalue weighted by molar-refractivity contribution is 5.79. The van der Waals surface area contributed by atoms with Crippen molar-refractivity contribution in [1.29, 1.82) is 0 Å². The van der Waals surface area contributed by atoms with E-state index in [1.54, 1.807) is 12.0 Å². The van der Waals surface area contributed by atoms with Gasteiger partial charge in [-0.15, -0.1) is 0 Å². The van der Waals surface area contributed by atoms with Gasteiger partial charge in [0.25, 0.3) is 0 Å². The number of ether oxygens (including phenoxy) is 4. The van der Waals surface area contributed by atoms with E-state index >= 15 is 0 Å². The van der Waals surface area contributed by atoms with Gasteiger partial charge in [-0.3, -0.25) is 4.79 Å². The molecule has 1 saturated heterocycles. The lowest BCUT2D eigenvalue weighted by Gasteiger charge is -2.16. The Bertz CT molecular complexity index is 1170. The fraction of sp³-hybridized carbons (Fsp3) is 0.375. The molecular formula is C24H25N3O6. The molecule has 0 N–H and O–H groups in total. The third kappa shape index (κ3) is 4.30. The Balaban J connectivity index is 1.29. The van der Waals surface area contributed by atoms with Crippen LogP contribution in [0.5, 0.6) is 23.0 Å². The second-order valence-corrected chi connectivity index (χ2v) is 8.35. The number of hydrogen-bond donors (Lipinski definition) is 0. The highest BCUT2D eigenvalue weighted by Crippen LogP contribution is 2.36. The van der Waals surface area contributed by atoms with Gasteiger partial charge in [0.05, 0.1) is 19.1 Å². The number of likely N-dealkylation sites (tertiary alicyclic amines) is 1. The van der Waals surface area contributed by atoms with Crippen LogP contribution in [0.25, 0.3) is 11.4 Å². The van der Waals surface area contributed by atoms with Crippen molar-refractivity contribution in [3.8, 4) is 34.4 Å². The fourth-order valence-electron chi connectivity index (χ4n) is 4.03. The minimum atomic E-state index is -0.154. The topological polar surface area (TPSA) is 96.2 Å². The summed E-state index contributed by atoms with van der Waals surface area (Å²) < 4.78 is 27.5. The monoisotopic (exact) mass is 451 g/mol. The van der Waals surface area contributed by atoms with E-state index in [2.05, 4.69) is 10.1 Å². The van der Waals surface area contributed by atoms with Crippen LogP contribution in [0.4, 0.5) is 0 Å². The van der Waals surface area contributed by atoms with Crippen LogP contribution >= 0.6 is 0 Å². The molecule has 5 rings (SSSR count). The number of hydrogen-bond acceptors (Lipinski definition) is 8. The summed E-state index contributed by atoms with van der Waals surface area (Å²) in [5.41, 5.74) is 1.73. The molecule has 0 aliphatic carbocycles. The summed E-state index contributed by atoms with van der Waals surface area (Å²) in [6, 6.07) is 11.2. The second-order valence-electron chi connectivity index (χ2n) is 8.35. The van der Waals surface area contributed by atoms with Crippen molar-refractivity contribution >= 4 is 5.91 Å². The molecule has 1 atom stereocenters. The Morgan fingerprint density at radius 3 is 2.79 bits per heavy atom. The van der Waals surface area contributed by atoms with Crippen LogP contribution in [-0.2, 0) is 11.3 Å². The smallest absolute Gasteiger partial charge is 0.232 e. The number of benzene rings is 2. The minimum absolute atomic E-state index is 0.0297.